The normalized spacial score (nSPS) is 16.8. The zero-order valence-corrected chi connectivity index (χ0v) is 26.1. The third-order valence-electron chi connectivity index (χ3n) is 6.95. The number of esters is 1. The second-order valence-corrected chi connectivity index (χ2v) is 11.0. The number of ether oxygens (including phenoxy) is 5. The number of benzene rings is 2. The van der Waals surface area contributed by atoms with Crippen molar-refractivity contribution in [2.45, 2.75) is 50.7 Å². The maximum atomic E-state index is 13.7. The van der Waals surface area contributed by atoms with E-state index in [0.717, 1.165) is 10.5 Å². The first-order chi connectivity index (χ1) is 21.3. The van der Waals surface area contributed by atoms with Crippen LogP contribution in [0.25, 0.3) is 0 Å². The number of amides is 2. The van der Waals surface area contributed by atoms with Gasteiger partial charge in [-0.15, -0.1) is 0 Å². The predicted molar refractivity (Wildman–Crippen MR) is 160 cm³/mol. The van der Waals surface area contributed by atoms with E-state index in [-0.39, 0.29) is 25.6 Å². The number of furan rings is 1. The van der Waals surface area contributed by atoms with Crippen LogP contribution in [0.5, 0.6) is 0 Å². The van der Waals surface area contributed by atoms with Crippen LogP contribution >= 0.6 is 15.9 Å². The van der Waals surface area contributed by atoms with Crippen LogP contribution in [-0.4, -0.2) is 73.7 Å². The first kappa shape index (κ1) is 33.3. The van der Waals surface area contributed by atoms with Crippen LogP contribution < -0.4 is 0 Å². The highest BCUT2D eigenvalue weighted by atomic mass is 79.9. The van der Waals surface area contributed by atoms with Gasteiger partial charge >= 0.3 is 12.1 Å². The van der Waals surface area contributed by atoms with Gasteiger partial charge in [0.25, 0.3) is 5.91 Å². The molecule has 0 radical (unpaired) electrons. The van der Waals surface area contributed by atoms with Crippen LogP contribution in [0.2, 0.25) is 0 Å². The molecular formula is C32H36BrNO10. The van der Waals surface area contributed by atoms with Crippen molar-refractivity contribution in [1.82, 2.24) is 4.90 Å². The number of imide groups is 1. The van der Waals surface area contributed by atoms with E-state index in [1.807, 2.05) is 36.4 Å². The molecule has 0 spiro atoms. The molecule has 1 N–H and O–H groups in total. The summed E-state index contributed by atoms with van der Waals surface area (Å²) in [5.74, 6) is -0.680. The monoisotopic (exact) mass is 673 g/mol. The van der Waals surface area contributed by atoms with Crippen molar-refractivity contribution < 1.29 is 47.6 Å². The van der Waals surface area contributed by atoms with Gasteiger partial charge in [-0.05, 0) is 39.5 Å². The standard InChI is InChI=1S/C32H36BrNO10/c1-21(36)43-29(30(39-2)31(37)34-26(20-42-32(34)38)23-12-7-4-8-13-23)28-16-25(33)27(44-28)14-9-15-40-19-24(17-35)41-18-22-10-5-3-6-11-22/h3-8,10-13,16,24,26,29-30,35H,9,14-15,17-20H2,1-2H3. The Morgan fingerprint density at radius 1 is 1.11 bits per heavy atom. The molecule has 1 fully saturated rings. The van der Waals surface area contributed by atoms with Crippen LogP contribution in [0.4, 0.5) is 4.79 Å². The molecule has 1 aliphatic rings. The fraction of sp³-hybridized carbons (Fsp3) is 0.406. The lowest BCUT2D eigenvalue weighted by Crippen LogP contribution is -2.45. The Kier molecular flexibility index (Phi) is 12.5. The van der Waals surface area contributed by atoms with Crippen LogP contribution in [0.15, 0.2) is 75.6 Å². The number of carbonyl (C=O) groups excluding carboxylic acids is 3. The number of halogens is 1. The number of aliphatic hydroxyl groups excluding tert-OH is 1. The van der Waals surface area contributed by atoms with Crippen molar-refractivity contribution in [2.75, 3.05) is 33.5 Å². The van der Waals surface area contributed by atoms with Gasteiger partial charge in [0.2, 0.25) is 0 Å². The Labute approximate surface area is 264 Å². The zero-order chi connectivity index (χ0) is 31.5. The molecule has 236 valence electrons. The summed E-state index contributed by atoms with van der Waals surface area (Å²) in [4.78, 5) is 39.4. The van der Waals surface area contributed by atoms with E-state index in [1.54, 1.807) is 30.3 Å². The van der Waals surface area contributed by atoms with Crippen LogP contribution in [-0.2, 0) is 46.3 Å². The van der Waals surface area contributed by atoms with Crippen molar-refractivity contribution >= 4 is 33.9 Å². The molecule has 4 rings (SSSR count). The Bertz CT molecular complexity index is 1370. The van der Waals surface area contributed by atoms with E-state index in [4.69, 9.17) is 28.1 Å². The average Bonchev–Trinajstić information content (AvgIpc) is 3.60. The Morgan fingerprint density at radius 2 is 1.82 bits per heavy atom. The van der Waals surface area contributed by atoms with E-state index in [0.29, 0.717) is 41.9 Å². The van der Waals surface area contributed by atoms with Crippen molar-refractivity contribution in [1.29, 1.82) is 0 Å². The highest BCUT2D eigenvalue weighted by Gasteiger charge is 2.46. The van der Waals surface area contributed by atoms with Crippen LogP contribution in [0.1, 0.15) is 48.1 Å². The van der Waals surface area contributed by atoms with Gasteiger partial charge in [-0.2, -0.15) is 0 Å². The topological polar surface area (TPSA) is 134 Å². The quantitative estimate of drug-likeness (QED) is 0.165. The molecule has 1 aliphatic heterocycles. The van der Waals surface area contributed by atoms with Gasteiger partial charge in [-0.25, -0.2) is 9.69 Å². The minimum atomic E-state index is -1.39. The summed E-state index contributed by atoms with van der Waals surface area (Å²) in [6.45, 7) is 2.00. The number of cyclic esters (lactones) is 1. The molecular weight excluding hydrogens is 638 g/mol. The number of aliphatic hydroxyl groups is 1. The van der Waals surface area contributed by atoms with Gasteiger partial charge in [-0.1, -0.05) is 60.7 Å². The second kappa shape index (κ2) is 16.5. The summed E-state index contributed by atoms with van der Waals surface area (Å²) in [6, 6.07) is 19.6. The van der Waals surface area contributed by atoms with E-state index >= 15 is 0 Å². The molecule has 2 amide bonds. The Hall–Kier alpha value is -3.55. The minimum absolute atomic E-state index is 0.0139. The smallest absolute Gasteiger partial charge is 0.417 e. The second-order valence-electron chi connectivity index (χ2n) is 10.1. The lowest BCUT2D eigenvalue weighted by atomic mass is 10.0. The maximum Gasteiger partial charge on any atom is 0.417 e. The highest BCUT2D eigenvalue weighted by molar-refractivity contribution is 9.10. The average molecular weight is 675 g/mol. The Balaban J connectivity index is 1.37. The molecule has 44 heavy (non-hydrogen) atoms. The van der Waals surface area contributed by atoms with E-state index in [1.165, 1.54) is 14.0 Å². The van der Waals surface area contributed by atoms with Gasteiger partial charge in [0.05, 0.1) is 24.3 Å². The summed E-state index contributed by atoms with van der Waals surface area (Å²) in [5, 5.41) is 9.63. The number of hydrogen-bond donors (Lipinski definition) is 1. The molecule has 1 saturated heterocycles. The molecule has 3 aromatic rings. The van der Waals surface area contributed by atoms with E-state index < -0.39 is 42.3 Å². The fourth-order valence-corrected chi connectivity index (χ4v) is 5.26. The van der Waals surface area contributed by atoms with E-state index in [9.17, 15) is 19.5 Å². The molecule has 2 aromatic carbocycles. The molecule has 4 atom stereocenters. The Morgan fingerprint density at radius 3 is 2.48 bits per heavy atom. The first-order valence-corrected chi connectivity index (χ1v) is 15.0. The lowest BCUT2D eigenvalue weighted by molar-refractivity contribution is -0.164. The highest BCUT2D eigenvalue weighted by Crippen LogP contribution is 2.35. The largest absolute Gasteiger partial charge is 0.461 e. The molecule has 0 bridgehead atoms. The number of hydrogen-bond acceptors (Lipinski definition) is 10. The van der Waals surface area contributed by atoms with E-state index in [2.05, 4.69) is 15.9 Å². The van der Waals surface area contributed by atoms with Gasteiger partial charge in [0.15, 0.2) is 12.2 Å². The number of nitrogens with zero attached hydrogens (tertiary/aromatic N) is 1. The number of carbonyl (C=O) groups is 3. The van der Waals surface area contributed by atoms with Crippen molar-refractivity contribution in [3.63, 3.8) is 0 Å². The summed E-state index contributed by atoms with van der Waals surface area (Å²) < 4.78 is 34.3. The zero-order valence-electron chi connectivity index (χ0n) is 24.6. The number of methoxy groups -OCH3 is 1. The van der Waals surface area contributed by atoms with Crippen molar-refractivity contribution in [3.05, 3.63) is 93.9 Å². The third kappa shape index (κ3) is 8.76. The van der Waals surface area contributed by atoms with Gasteiger partial charge in [-0.3, -0.25) is 9.59 Å². The summed E-state index contributed by atoms with van der Waals surface area (Å²) in [5.41, 5.74) is 1.72. The summed E-state index contributed by atoms with van der Waals surface area (Å²) in [6.07, 6.45) is -2.91. The van der Waals surface area contributed by atoms with Gasteiger partial charge < -0.3 is 33.2 Å². The number of aryl methyl sites for hydroxylation is 1. The molecule has 0 aliphatic carbocycles. The van der Waals surface area contributed by atoms with Gasteiger partial charge in [0.1, 0.15) is 30.3 Å². The molecule has 1 aromatic heterocycles. The molecule has 4 unspecified atom stereocenters. The van der Waals surface area contributed by atoms with Crippen LogP contribution in [0.3, 0.4) is 0 Å². The minimum Gasteiger partial charge on any atom is -0.461 e. The number of rotatable bonds is 16. The molecule has 11 nitrogen and oxygen atoms in total. The van der Waals surface area contributed by atoms with Crippen LogP contribution in [0, 0.1) is 0 Å². The molecule has 0 saturated carbocycles. The lowest BCUT2D eigenvalue weighted by Gasteiger charge is -2.28. The molecule has 2 heterocycles. The SMILES string of the molecule is COC(C(=O)N1C(=O)OCC1c1ccccc1)C(OC(C)=O)c1cc(Br)c(CCCOCC(CO)OCc2ccccc2)o1. The third-order valence-corrected chi connectivity index (χ3v) is 7.62. The molecule has 12 heteroatoms. The fourth-order valence-electron chi connectivity index (χ4n) is 4.75. The summed E-state index contributed by atoms with van der Waals surface area (Å²) >= 11 is 3.48. The maximum absolute atomic E-state index is 13.7. The van der Waals surface area contributed by atoms with Crippen molar-refractivity contribution in [2.24, 2.45) is 0 Å². The predicted octanol–water partition coefficient (Wildman–Crippen LogP) is 4.91. The van der Waals surface area contributed by atoms with Crippen molar-refractivity contribution in [3.8, 4) is 0 Å². The first-order valence-electron chi connectivity index (χ1n) is 14.2. The summed E-state index contributed by atoms with van der Waals surface area (Å²) in [7, 11) is 1.29. The van der Waals surface area contributed by atoms with Gasteiger partial charge in [0, 0.05) is 27.1 Å².